The van der Waals surface area contributed by atoms with Gasteiger partial charge in [0, 0.05) is 11.1 Å². The maximum Gasteiger partial charge on any atom is 0.256 e. The van der Waals surface area contributed by atoms with Gasteiger partial charge in [-0.3, -0.25) is 4.79 Å². The molecule has 0 saturated heterocycles. The molecular formula is C26H18N2O2S. The Hall–Kier alpha value is -3.96. The van der Waals surface area contributed by atoms with E-state index < -0.39 is 0 Å². The first-order chi connectivity index (χ1) is 15.3. The zero-order chi connectivity index (χ0) is 21.0. The maximum atomic E-state index is 13.2. The van der Waals surface area contributed by atoms with Crippen molar-refractivity contribution in [2.75, 3.05) is 5.32 Å². The van der Waals surface area contributed by atoms with Crippen molar-refractivity contribution < 1.29 is 9.53 Å². The van der Waals surface area contributed by atoms with E-state index >= 15 is 0 Å². The normalized spacial score (nSPS) is 10.7. The lowest BCUT2D eigenvalue weighted by molar-refractivity contribution is 0.102. The largest absolute Gasteiger partial charge is 0.457 e. The van der Waals surface area contributed by atoms with E-state index in [1.807, 2.05) is 102 Å². The van der Waals surface area contributed by atoms with Crippen LogP contribution in [0.25, 0.3) is 21.5 Å². The number of nitrogens with one attached hydrogen (secondary N) is 1. The zero-order valence-electron chi connectivity index (χ0n) is 16.5. The molecule has 0 aliphatic carbocycles. The Morgan fingerprint density at radius 2 is 1.55 bits per heavy atom. The third kappa shape index (κ3) is 4.17. The Balaban J connectivity index is 1.41. The highest BCUT2D eigenvalue weighted by molar-refractivity contribution is 7.13. The van der Waals surface area contributed by atoms with Crippen molar-refractivity contribution in [1.29, 1.82) is 0 Å². The van der Waals surface area contributed by atoms with Gasteiger partial charge in [-0.2, -0.15) is 0 Å². The number of rotatable bonds is 5. The Kier molecular flexibility index (Phi) is 5.17. The van der Waals surface area contributed by atoms with Crippen molar-refractivity contribution in [1.82, 2.24) is 4.98 Å². The second-order valence-electron chi connectivity index (χ2n) is 6.94. The van der Waals surface area contributed by atoms with Gasteiger partial charge in [-0.15, -0.1) is 11.3 Å². The maximum absolute atomic E-state index is 13.2. The number of ether oxygens (including phenoxy) is 1. The molecule has 0 unspecified atom stereocenters. The molecule has 5 heteroatoms. The molecule has 150 valence electrons. The summed E-state index contributed by atoms with van der Waals surface area (Å²) < 4.78 is 5.82. The van der Waals surface area contributed by atoms with Crippen LogP contribution < -0.4 is 10.1 Å². The summed E-state index contributed by atoms with van der Waals surface area (Å²) in [6, 6.07) is 30.5. The lowest BCUT2D eigenvalue weighted by Crippen LogP contribution is -2.13. The van der Waals surface area contributed by atoms with Gasteiger partial charge in [-0.25, -0.2) is 4.98 Å². The van der Waals surface area contributed by atoms with E-state index in [9.17, 15) is 4.79 Å². The van der Waals surface area contributed by atoms with Crippen LogP contribution >= 0.6 is 11.3 Å². The predicted octanol–water partition coefficient (Wildman–Crippen LogP) is 7.01. The van der Waals surface area contributed by atoms with Crippen molar-refractivity contribution in [3.8, 4) is 22.1 Å². The monoisotopic (exact) mass is 422 g/mol. The summed E-state index contributed by atoms with van der Waals surface area (Å²) in [7, 11) is 0. The number of pyridine rings is 1. The van der Waals surface area contributed by atoms with Gasteiger partial charge in [0.1, 0.15) is 11.5 Å². The van der Waals surface area contributed by atoms with Crippen LogP contribution in [0.4, 0.5) is 5.69 Å². The Bertz CT molecular complexity index is 1330. The highest BCUT2D eigenvalue weighted by Gasteiger charge is 2.14. The first-order valence-corrected chi connectivity index (χ1v) is 10.7. The average molecular weight is 423 g/mol. The number of carbonyl (C=O) groups excluding carboxylic acids is 1. The Morgan fingerprint density at radius 3 is 2.32 bits per heavy atom. The first kappa shape index (κ1) is 19.0. The quantitative estimate of drug-likeness (QED) is 0.331. The lowest BCUT2D eigenvalue weighted by atomic mass is 10.1. The van der Waals surface area contributed by atoms with Crippen molar-refractivity contribution in [3.63, 3.8) is 0 Å². The number of fused-ring (bicyclic) bond motifs is 1. The molecule has 2 aromatic heterocycles. The minimum absolute atomic E-state index is 0.173. The number of anilines is 1. The number of nitrogens with zero attached hydrogens (tertiary/aromatic N) is 1. The van der Waals surface area contributed by atoms with Gasteiger partial charge in [-0.05, 0) is 60.0 Å². The number of thiophene rings is 1. The van der Waals surface area contributed by atoms with Gasteiger partial charge >= 0.3 is 0 Å². The van der Waals surface area contributed by atoms with Gasteiger partial charge in [0.2, 0.25) is 0 Å². The summed E-state index contributed by atoms with van der Waals surface area (Å²) >= 11 is 1.60. The highest BCUT2D eigenvalue weighted by Crippen LogP contribution is 2.29. The van der Waals surface area contributed by atoms with Crippen molar-refractivity contribution >= 4 is 33.8 Å². The first-order valence-electron chi connectivity index (χ1n) is 9.84. The van der Waals surface area contributed by atoms with Gasteiger partial charge < -0.3 is 10.1 Å². The van der Waals surface area contributed by atoms with Crippen LogP contribution in [0.5, 0.6) is 11.5 Å². The van der Waals surface area contributed by atoms with Crippen LogP contribution in [0.3, 0.4) is 0 Å². The molecule has 0 saturated carbocycles. The molecule has 0 bridgehead atoms. The number of hydrogen-bond donors (Lipinski definition) is 1. The number of hydrogen-bond acceptors (Lipinski definition) is 4. The fourth-order valence-electron chi connectivity index (χ4n) is 3.34. The predicted molar refractivity (Wildman–Crippen MR) is 126 cm³/mol. The van der Waals surface area contributed by atoms with Gasteiger partial charge in [-0.1, -0.05) is 42.5 Å². The number of aromatic nitrogens is 1. The molecular weight excluding hydrogens is 404 g/mol. The van der Waals surface area contributed by atoms with Crippen LogP contribution in [0, 0.1) is 0 Å². The van der Waals surface area contributed by atoms with E-state index in [4.69, 9.17) is 9.72 Å². The standard InChI is InChI=1S/C26H18N2O2S/c29-26(27-18-12-14-20(15-13-18)30-19-7-2-1-3-8-19)22-17-24(25-11-6-16-31-25)28-23-10-5-4-9-21(22)23/h1-17H,(H,27,29). The number of benzene rings is 3. The lowest BCUT2D eigenvalue weighted by Gasteiger charge is -2.11. The van der Waals surface area contributed by atoms with Crippen LogP contribution in [0.1, 0.15) is 10.4 Å². The number of para-hydroxylation sites is 2. The highest BCUT2D eigenvalue weighted by atomic mass is 32.1. The molecule has 0 aliphatic rings. The molecule has 0 aliphatic heterocycles. The van der Waals surface area contributed by atoms with E-state index in [0.717, 1.165) is 27.2 Å². The summed E-state index contributed by atoms with van der Waals surface area (Å²) in [5.74, 6) is 1.30. The molecule has 1 N–H and O–H groups in total. The molecule has 0 fully saturated rings. The molecule has 0 radical (unpaired) electrons. The van der Waals surface area contributed by atoms with Gasteiger partial charge in [0.05, 0.1) is 21.7 Å². The molecule has 0 atom stereocenters. The fraction of sp³-hybridized carbons (Fsp3) is 0. The smallest absolute Gasteiger partial charge is 0.256 e. The number of carbonyl (C=O) groups is 1. The molecule has 5 aromatic rings. The summed E-state index contributed by atoms with van der Waals surface area (Å²) in [4.78, 5) is 18.9. The molecule has 4 nitrogen and oxygen atoms in total. The minimum atomic E-state index is -0.173. The number of amides is 1. The second-order valence-corrected chi connectivity index (χ2v) is 7.89. The molecule has 2 heterocycles. The topological polar surface area (TPSA) is 51.2 Å². The van der Waals surface area contributed by atoms with Gasteiger partial charge in [0.15, 0.2) is 0 Å². The third-order valence-electron chi connectivity index (χ3n) is 4.83. The molecule has 1 amide bonds. The van der Waals surface area contributed by atoms with Gasteiger partial charge in [0.25, 0.3) is 5.91 Å². The van der Waals surface area contributed by atoms with E-state index in [1.54, 1.807) is 11.3 Å². The van der Waals surface area contributed by atoms with E-state index in [-0.39, 0.29) is 5.91 Å². The third-order valence-corrected chi connectivity index (χ3v) is 5.72. The van der Waals surface area contributed by atoms with Crippen molar-refractivity contribution in [3.05, 3.63) is 108 Å². The molecule has 3 aromatic carbocycles. The summed E-state index contributed by atoms with van der Waals surface area (Å²) in [6.07, 6.45) is 0. The molecule has 31 heavy (non-hydrogen) atoms. The second kappa shape index (κ2) is 8.42. The van der Waals surface area contributed by atoms with Crippen LogP contribution in [0.2, 0.25) is 0 Å². The average Bonchev–Trinajstić information content (AvgIpc) is 3.35. The fourth-order valence-corrected chi connectivity index (χ4v) is 4.03. The van der Waals surface area contributed by atoms with Crippen LogP contribution in [0.15, 0.2) is 102 Å². The van der Waals surface area contributed by atoms with Crippen molar-refractivity contribution in [2.45, 2.75) is 0 Å². The van der Waals surface area contributed by atoms with Crippen LogP contribution in [-0.2, 0) is 0 Å². The van der Waals surface area contributed by atoms with Crippen molar-refractivity contribution in [2.24, 2.45) is 0 Å². The minimum Gasteiger partial charge on any atom is -0.457 e. The van der Waals surface area contributed by atoms with Crippen LogP contribution in [-0.4, -0.2) is 10.9 Å². The molecule has 5 rings (SSSR count). The Morgan fingerprint density at radius 1 is 0.806 bits per heavy atom. The Labute approximate surface area is 183 Å². The van der Waals surface area contributed by atoms with E-state index in [1.165, 1.54) is 0 Å². The summed E-state index contributed by atoms with van der Waals surface area (Å²) in [5.41, 5.74) is 2.89. The van der Waals surface area contributed by atoms with E-state index in [0.29, 0.717) is 17.0 Å². The van der Waals surface area contributed by atoms with E-state index in [2.05, 4.69) is 5.32 Å². The molecule has 0 spiro atoms. The summed E-state index contributed by atoms with van der Waals surface area (Å²) in [5, 5.41) is 5.82. The SMILES string of the molecule is O=C(Nc1ccc(Oc2ccccc2)cc1)c1cc(-c2cccs2)nc2ccccc12. The summed E-state index contributed by atoms with van der Waals surface area (Å²) in [6.45, 7) is 0. The zero-order valence-corrected chi connectivity index (χ0v) is 17.3.